The third-order valence-electron chi connectivity index (χ3n) is 6.20. The number of nitrogens with zero attached hydrogens (tertiary/aromatic N) is 2. The molecule has 1 aliphatic heterocycles. The summed E-state index contributed by atoms with van der Waals surface area (Å²) in [4.78, 5) is 18.7. The first-order chi connectivity index (χ1) is 16.5. The average Bonchev–Trinajstić information content (AvgIpc) is 3.23. The van der Waals surface area contributed by atoms with Gasteiger partial charge in [0, 0.05) is 21.6 Å². The highest BCUT2D eigenvalue weighted by Gasteiger charge is 2.27. The van der Waals surface area contributed by atoms with Gasteiger partial charge < -0.3 is 4.74 Å². The molecule has 0 fully saturated rings. The lowest BCUT2D eigenvalue weighted by Gasteiger charge is -2.32. The summed E-state index contributed by atoms with van der Waals surface area (Å²) < 4.78 is 6.82. The number of carbonyl (C=O) groups excluding carboxylic acids is 1. The number of benzene rings is 3. The van der Waals surface area contributed by atoms with Crippen LogP contribution in [0.4, 0.5) is 4.79 Å². The van der Waals surface area contributed by atoms with Crippen molar-refractivity contribution in [2.45, 2.75) is 37.5 Å². The van der Waals surface area contributed by atoms with Crippen LogP contribution in [0.2, 0.25) is 0 Å². The second kappa shape index (κ2) is 9.04. The Balaban J connectivity index is 1.45. The van der Waals surface area contributed by atoms with Crippen LogP contribution in [0.25, 0.3) is 22.4 Å². The molecule has 4 aromatic rings. The average molecular weight is 467 g/mol. The Kier molecular flexibility index (Phi) is 5.93. The zero-order chi connectivity index (χ0) is 23.7. The van der Waals surface area contributed by atoms with E-state index in [9.17, 15) is 4.79 Å². The van der Waals surface area contributed by atoms with Crippen LogP contribution in [0.15, 0.2) is 71.6 Å². The Bertz CT molecular complexity index is 1440. The molecule has 2 heterocycles. The molecule has 0 amide bonds. The van der Waals surface area contributed by atoms with E-state index < -0.39 is 6.09 Å². The molecule has 1 aromatic heterocycles. The molecule has 5 heteroatoms. The van der Waals surface area contributed by atoms with Crippen molar-refractivity contribution < 1.29 is 9.53 Å². The fourth-order valence-corrected chi connectivity index (χ4v) is 5.74. The molecule has 3 aromatic carbocycles. The number of thioether (sulfide) groups is 1. The quantitative estimate of drug-likeness (QED) is 0.302. The van der Waals surface area contributed by atoms with Crippen LogP contribution in [-0.4, -0.2) is 28.0 Å². The Morgan fingerprint density at radius 3 is 2.59 bits per heavy atom. The van der Waals surface area contributed by atoms with E-state index >= 15 is 0 Å². The van der Waals surface area contributed by atoms with E-state index in [1.807, 2.05) is 60.3 Å². The molecule has 0 spiro atoms. The normalized spacial score (nSPS) is 14.2. The summed E-state index contributed by atoms with van der Waals surface area (Å²) in [6, 6.07) is 22.0. The first-order valence-electron chi connectivity index (χ1n) is 11.5. The Hall–Kier alpha value is -3.49. The Labute approximate surface area is 204 Å². The lowest BCUT2D eigenvalue weighted by Crippen LogP contribution is -2.22. The Morgan fingerprint density at radius 1 is 1.06 bits per heavy atom. The zero-order valence-electron chi connectivity index (χ0n) is 19.6. The van der Waals surface area contributed by atoms with E-state index in [4.69, 9.17) is 4.74 Å². The van der Waals surface area contributed by atoms with Gasteiger partial charge in [0.1, 0.15) is 0 Å². The van der Waals surface area contributed by atoms with Crippen molar-refractivity contribution >= 4 is 28.9 Å². The van der Waals surface area contributed by atoms with E-state index in [-0.39, 0.29) is 5.41 Å². The largest absolute Gasteiger partial charge is 0.449 e. The van der Waals surface area contributed by atoms with Gasteiger partial charge in [-0.25, -0.2) is 14.3 Å². The Morgan fingerprint density at radius 2 is 1.79 bits per heavy atom. The molecule has 0 saturated carbocycles. The number of rotatable bonds is 2. The van der Waals surface area contributed by atoms with Gasteiger partial charge in [0.05, 0.1) is 17.6 Å². The lowest BCUT2D eigenvalue weighted by molar-refractivity contribution is 0.155. The molecule has 4 nitrogen and oxygen atoms in total. The molecule has 1 aliphatic rings. The predicted molar refractivity (Wildman–Crippen MR) is 138 cm³/mol. The van der Waals surface area contributed by atoms with E-state index in [0.29, 0.717) is 12.4 Å². The van der Waals surface area contributed by atoms with Gasteiger partial charge in [-0.1, -0.05) is 50.0 Å². The number of carbonyl (C=O) groups is 1. The van der Waals surface area contributed by atoms with Crippen molar-refractivity contribution in [3.8, 4) is 23.2 Å². The summed E-state index contributed by atoms with van der Waals surface area (Å²) in [5, 5.41) is 0. The van der Waals surface area contributed by atoms with Gasteiger partial charge in [-0.15, -0.1) is 11.8 Å². The third-order valence-corrected chi connectivity index (χ3v) is 7.27. The van der Waals surface area contributed by atoms with Crippen LogP contribution in [0.5, 0.6) is 0 Å². The molecule has 5 rings (SSSR count). The van der Waals surface area contributed by atoms with Crippen LogP contribution in [0, 0.1) is 11.8 Å². The molecule has 170 valence electrons. The summed E-state index contributed by atoms with van der Waals surface area (Å²) in [5.74, 6) is 8.34. The van der Waals surface area contributed by atoms with Gasteiger partial charge >= 0.3 is 6.09 Å². The summed E-state index contributed by atoms with van der Waals surface area (Å²) in [5.41, 5.74) is 5.84. The van der Waals surface area contributed by atoms with Gasteiger partial charge in [-0.3, -0.25) is 0 Å². The molecule has 0 atom stereocenters. The van der Waals surface area contributed by atoms with Crippen LogP contribution in [0.3, 0.4) is 0 Å². The number of hydrogen-bond donors (Lipinski definition) is 0. The van der Waals surface area contributed by atoms with E-state index in [1.54, 1.807) is 6.92 Å². The monoisotopic (exact) mass is 466 g/mol. The van der Waals surface area contributed by atoms with Gasteiger partial charge in [0.2, 0.25) is 0 Å². The van der Waals surface area contributed by atoms with Crippen molar-refractivity contribution in [1.82, 2.24) is 9.55 Å². The van der Waals surface area contributed by atoms with Crippen molar-refractivity contribution in [3.05, 3.63) is 83.4 Å². The van der Waals surface area contributed by atoms with Crippen molar-refractivity contribution in [1.29, 1.82) is 0 Å². The van der Waals surface area contributed by atoms with Crippen molar-refractivity contribution in [2.75, 3.05) is 12.4 Å². The number of ether oxygens (including phenoxy) is 1. The zero-order valence-corrected chi connectivity index (χ0v) is 20.4. The summed E-state index contributed by atoms with van der Waals surface area (Å²) >= 11 is 1.93. The van der Waals surface area contributed by atoms with Crippen LogP contribution >= 0.6 is 11.8 Å². The maximum absolute atomic E-state index is 12.7. The number of para-hydroxylation sites is 2. The van der Waals surface area contributed by atoms with E-state index in [1.165, 1.54) is 27.2 Å². The molecule has 0 unspecified atom stereocenters. The van der Waals surface area contributed by atoms with Crippen LogP contribution in [0.1, 0.15) is 43.9 Å². The topological polar surface area (TPSA) is 44.1 Å². The first kappa shape index (κ1) is 22.3. The summed E-state index contributed by atoms with van der Waals surface area (Å²) in [7, 11) is 0. The molecule has 0 radical (unpaired) electrons. The highest BCUT2D eigenvalue weighted by Crippen LogP contribution is 2.41. The standard InChI is InChI=1S/C29H26N2O2S/c1-4-33-28(32)31-25-8-6-5-7-24(25)30-27(31)22-14-11-20(12-15-22)9-10-21-13-16-26-23(19-21)29(2,3)17-18-34-26/h5-8,11-16,19H,4,17-18H2,1-3H3. The molecule has 0 saturated heterocycles. The molecular weight excluding hydrogens is 440 g/mol. The predicted octanol–water partition coefficient (Wildman–Crippen LogP) is 6.88. The maximum atomic E-state index is 12.7. The third kappa shape index (κ3) is 4.22. The number of hydrogen-bond acceptors (Lipinski definition) is 4. The summed E-state index contributed by atoms with van der Waals surface area (Å²) in [6.07, 6.45) is 0.753. The van der Waals surface area contributed by atoms with Gasteiger partial charge in [0.15, 0.2) is 5.82 Å². The number of imidazole rings is 1. The molecular formula is C29H26N2O2S. The fraction of sp³-hybridized carbons (Fsp3) is 0.241. The van der Waals surface area contributed by atoms with Crippen LogP contribution in [-0.2, 0) is 10.2 Å². The lowest BCUT2D eigenvalue weighted by atomic mass is 9.81. The van der Waals surface area contributed by atoms with Gasteiger partial charge in [-0.2, -0.15) is 0 Å². The second-order valence-corrected chi connectivity index (χ2v) is 10.1. The smallest absolute Gasteiger partial charge is 0.420 e. The second-order valence-electron chi connectivity index (χ2n) is 8.98. The van der Waals surface area contributed by atoms with Crippen molar-refractivity contribution in [2.24, 2.45) is 0 Å². The maximum Gasteiger partial charge on any atom is 0.420 e. The SMILES string of the molecule is CCOC(=O)n1c(-c2ccc(C#Cc3ccc4c(c3)C(C)(C)CCS4)cc2)nc2ccccc21. The van der Waals surface area contributed by atoms with E-state index in [0.717, 1.165) is 27.7 Å². The van der Waals surface area contributed by atoms with Crippen LogP contribution < -0.4 is 0 Å². The molecule has 34 heavy (non-hydrogen) atoms. The van der Waals surface area contributed by atoms with Gasteiger partial charge in [0.25, 0.3) is 0 Å². The van der Waals surface area contributed by atoms with Crippen molar-refractivity contribution in [3.63, 3.8) is 0 Å². The molecule has 0 N–H and O–H groups in total. The highest BCUT2D eigenvalue weighted by molar-refractivity contribution is 7.99. The first-order valence-corrected chi connectivity index (χ1v) is 12.5. The molecule has 0 bridgehead atoms. The fourth-order valence-electron chi connectivity index (χ4n) is 4.25. The molecule has 0 aliphatic carbocycles. The minimum absolute atomic E-state index is 0.185. The van der Waals surface area contributed by atoms with E-state index in [2.05, 4.69) is 48.9 Å². The number of fused-ring (bicyclic) bond motifs is 2. The summed E-state index contributed by atoms with van der Waals surface area (Å²) in [6.45, 7) is 6.72. The number of aromatic nitrogens is 2. The highest BCUT2D eigenvalue weighted by atomic mass is 32.2. The minimum atomic E-state index is -0.427. The van der Waals surface area contributed by atoms with Gasteiger partial charge in [-0.05, 0) is 72.5 Å². The minimum Gasteiger partial charge on any atom is -0.449 e.